The van der Waals surface area contributed by atoms with E-state index in [-0.39, 0.29) is 0 Å². The number of aromatic amines is 1. The molecule has 1 N–H and O–H groups in total. The fourth-order valence-corrected chi connectivity index (χ4v) is 4.03. The summed E-state index contributed by atoms with van der Waals surface area (Å²) in [6.45, 7) is 0. The van der Waals surface area contributed by atoms with Gasteiger partial charge in [0.25, 0.3) is 0 Å². The van der Waals surface area contributed by atoms with Gasteiger partial charge in [0, 0.05) is 5.75 Å². The molecule has 96 valence electrons. The van der Waals surface area contributed by atoms with Crippen molar-refractivity contribution < 1.29 is 0 Å². The molecular weight excluding hydrogens is 262 g/mol. The van der Waals surface area contributed by atoms with Crippen molar-refractivity contribution in [1.82, 2.24) is 15.2 Å². The second-order valence-electron chi connectivity index (χ2n) is 4.76. The fraction of sp³-hybridized carbons (Fsp3) is 0.538. The van der Waals surface area contributed by atoms with Gasteiger partial charge in [-0.1, -0.05) is 37.1 Å². The molecule has 3 nitrogen and oxygen atoms in total. The van der Waals surface area contributed by atoms with E-state index >= 15 is 0 Å². The molecule has 18 heavy (non-hydrogen) atoms. The van der Waals surface area contributed by atoms with Gasteiger partial charge >= 0.3 is 0 Å². The molecular formula is C13H17N3S2. The van der Waals surface area contributed by atoms with Crippen LogP contribution in [0.25, 0.3) is 10.7 Å². The molecule has 3 rings (SSSR count). The first-order valence-corrected chi connectivity index (χ1v) is 8.37. The van der Waals surface area contributed by atoms with Crippen molar-refractivity contribution in [3.05, 3.63) is 17.5 Å². The lowest BCUT2D eigenvalue weighted by molar-refractivity contribution is 0.391. The zero-order chi connectivity index (χ0) is 12.2. The fourth-order valence-electron chi connectivity index (χ4n) is 2.38. The van der Waals surface area contributed by atoms with E-state index in [1.807, 2.05) is 6.07 Å². The van der Waals surface area contributed by atoms with Crippen molar-refractivity contribution >= 4 is 23.1 Å². The minimum absolute atomic E-state index is 0.868. The first kappa shape index (κ1) is 12.2. The second-order valence-corrected chi connectivity index (χ2v) is 6.69. The highest BCUT2D eigenvalue weighted by atomic mass is 32.2. The van der Waals surface area contributed by atoms with Crippen molar-refractivity contribution in [2.75, 3.05) is 5.75 Å². The summed E-state index contributed by atoms with van der Waals surface area (Å²) in [5, 5.41) is 10.3. The Balaban J connectivity index is 1.57. The molecule has 2 aromatic heterocycles. The number of thioether (sulfide) groups is 1. The topological polar surface area (TPSA) is 41.6 Å². The Kier molecular flexibility index (Phi) is 4.00. The molecule has 0 saturated heterocycles. The maximum Gasteiger partial charge on any atom is 0.208 e. The molecule has 0 amide bonds. The van der Waals surface area contributed by atoms with Crippen LogP contribution in [0.5, 0.6) is 0 Å². The van der Waals surface area contributed by atoms with Crippen LogP contribution in [-0.4, -0.2) is 20.9 Å². The van der Waals surface area contributed by atoms with E-state index in [0.29, 0.717) is 0 Å². The summed E-state index contributed by atoms with van der Waals surface area (Å²) >= 11 is 3.49. The van der Waals surface area contributed by atoms with Gasteiger partial charge in [-0.3, -0.25) is 5.10 Å². The SMILES string of the molecule is c1csc(-c2nc(SCC3CCCCC3)n[nH]2)c1. The zero-order valence-electron chi connectivity index (χ0n) is 10.3. The van der Waals surface area contributed by atoms with Gasteiger partial charge in [0.05, 0.1) is 4.88 Å². The average Bonchev–Trinajstić information content (AvgIpc) is 3.08. The van der Waals surface area contributed by atoms with Crippen LogP contribution in [0.1, 0.15) is 32.1 Å². The van der Waals surface area contributed by atoms with E-state index in [0.717, 1.165) is 21.8 Å². The minimum Gasteiger partial charge on any atom is -0.257 e. The standard InChI is InChI=1S/C13H17N3S2/c1-2-5-10(6-3-1)9-18-13-14-12(15-16-13)11-7-4-8-17-11/h4,7-8,10H,1-3,5-6,9H2,(H,14,15,16). The lowest BCUT2D eigenvalue weighted by Gasteiger charge is -2.20. The third kappa shape index (κ3) is 2.95. The molecule has 0 unspecified atom stereocenters. The largest absolute Gasteiger partial charge is 0.257 e. The zero-order valence-corrected chi connectivity index (χ0v) is 11.9. The second kappa shape index (κ2) is 5.89. The Morgan fingerprint density at radius 3 is 3.00 bits per heavy atom. The van der Waals surface area contributed by atoms with Gasteiger partial charge in [0.2, 0.25) is 5.16 Å². The van der Waals surface area contributed by atoms with Crippen molar-refractivity contribution in [3.63, 3.8) is 0 Å². The van der Waals surface area contributed by atoms with E-state index in [1.165, 1.54) is 37.9 Å². The van der Waals surface area contributed by atoms with Crippen molar-refractivity contribution in [3.8, 4) is 10.7 Å². The van der Waals surface area contributed by atoms with Gasteiger partial charge in [-0.15, -0.1) is 16.4 Å². The average molecular weight is 279 g/mol. The van der Waals surface area contributed by atoms with Gasteiger partial charge in [-0.05, 0) is 30.2 Å². The first-order valence-electron chi connectivity index (χ1n) is 6.51. The van der Waals surface area contributed by atoms with Crippen LogP contribution in [-0.2, 0) is 0 Å². The Morgan fingerprint density at radius 1 is 1.33 bits per heavy atom. The molecule has 1 fully saturated rings. The number of nitrogens with zero attached hydrogens (tertiary/aromatic N) is 2. The molecule has 1 aliphatic rings. The van der Waals surface area contributed by atoms with E-state index in [9.17, 15) is 0 Å². The maximum atomic E-state index is 4.54. The maximum absolute atomic E-state index is 4.54. The molecule has 0 spiro atoms. The molecule has 0 aliphatic heterocycles. The Labute approximate surface area is 115 Å². The van der Waals surface area contributed by atoms with E-state index in [2.05, 4.69) is 26.6 Å². The smallest absolute Gasteiger partial charge is 0.208 e. The van der Waals surface area contributed by atoms with E-state index < -0.39 is 0 Å². The van der Waals surface area contributed by atoms with Crippen molar-refractivity contribution in [1.29, 1.82) is 0 Å². The molecule has 1 saturated carbocycles. The van der Waals surface area contributed by atoms with Crippen LogP contribution in [0.2, 0.25) is 0 Å². The molecule has 0 radical (unpaired) electrons. The quantitative estimate of drug-likeness (QED) is 0.853. The lowest BCUT2D eigenvalue weighted by Crippen LogP contribution is -2.08. The van der Waals surface area contributed by atoms with Crippen LogP contribution >= 0.6 is 23.1 Å². The number of hydrogen-bond donors (Lipinski definition) is 1. The predicted octanol–water partition coefficient (Wildman–Crippen LogP) is 4.21. The summed E-state index contributed by atoms with van der Waals surface area (Å²) < 4.78 is 0. The number of thiophene rings is 1. The summed E-state index contributed by atoms with van der Waals surface area (Å²) in [5.41, 5.74) is 0. The minimum atomic E-state index is 0.868. The number of H-pyrrole nitrogens is 1. The van der Waals surface area contributed by atoms with Gasteiger partial charge in [0.15, 0.2) is 5.82 Å². The summed E-state index contributed by atoms with van der Waals surface area (Å²) in [6, 6.07) is 4.11. The number of hydrogen-bond acceptors (Lipinski definition) is 4. The van der Waals surface area contributed by atoms with Crippen molar-refractivity contribution in [2.45, 2.75) is 37.3 Å². The number of rotatable bonds is 4. The highest BCUT2D eigenvalue weighted by Crippen LogP contribution is 2.29. The van der Waals surface area contributed by atoms with Crippen LogP contribution < -0.4 is 0 Å². The molecule has 1 aliphatic carbocycles. The van der Waals surface area contributed by atoms with Crippen LogP contribution in [0.3, 0.4) is 0 Å². The number of aromatic nitrogens is 3. The van der Waals surface area contributed by atoms with Crippen LogP contribution in [0.15, 0.2) is 22.7 Å². The van der Waals surface area contributed by atoms with Gasteiger partial charge in [0.1, 0.15) is 0 Å². The van der Waals surface area contributed by atoms with E-state index in [1.54, 1.807) is 23.1 Å². The van der Waals surface area contributed by atoms with Gasteiger partial charge in [-0.2, -0.15) is 0 Å². The third-order valence-electron chi connectivity index (χ3n) is 3.39. The Morgan fingerprint density at radius 2 is 2.22 bits per heavy atom. The molecule has 5 heteroatoms. The first-order chi connectivity index (χ1) is 8.92. The van der Waals surface area contributed by atoms with Crippen molar-refractivity contribution in [2.24, 2.45) is 5.92 Å². The predicted molar refractivity (Wildman–Crippen MR) is 77.0 cm³/mol. The molecule has 2 heterocycles. The molecule has 0 aromatic carbocycles. The summed E-state index contributed by atoms with van der Waals surface area (Å²) in [6.07, 6.45) is 6.99. The summed E-state index contributed by atoms with van der Waals surface area (Å²) in [7, 11) is 0. The highest BCUT2D eigenvalue weighted by molar-refractivity contribution is 7.99. The Hall–Kier alpha value is -0.810. The molecule has 0 atom stereocenters. The summed E-state index contributed by atoms with van der Waals surface area (Å²) in [4.78, 5) is 5.70. The molecule has 2 aromatic rings. The normalized spacial score (nSPS) is 17.1. The molecule has 0 bridgehead atoms. The van der Waals surface area contributed by atoms with E-state index in [4.69, 9.17) is 0 Å². The third-order valence-corrected chi connectivity index (χ3v) is 5.35. The van der Waals surface area contributed by atoms with Crippen LogP contribution in [0, 0.1) is 5.92 Å². The Bertz CT molecular complexity index is 472. The lowest BCUT2D eigenvalue weighted by atomic mass is 9.91. The summed E-state index contributed by atoms with van der Waals surface area (Å²) in [5.74, 6) is 2.94. The highest BCUT2D eigenvalue weighted by Gasteiger charge is 2.15. The van der Waals surface area contributed by atoms with Crippen LogP contribution in [0.4, 0.5) is 0 Å². The number of nitrogens with one attached hydrogen (secondary N) is 1. The van der Waals surface area contributed by atoms with Gasteiger partial charge in [-0.25, -0.2) is 4.98 Å². The van der Waals surface area contributed by atoms with Gasteiger partial charge < -0.3 is 0 Å². The monoisotopic (exact) mass is 279 g/mol.